The van der Waals surface area contributed by atoms with Gasteiger partial charge in [0.1, 0.15) is 5.75 Å². The second-order valence-corrected chi connectivity index (χ2v) is 8.26. The minimum atomic E-state index is 0.0976. The number of rotatable bonds is 5. The lowest BCUT2D eigenvalue weighted by molar-refractivity contribution is 0.0962. The van der Waals surface area contributed by atoms with Crippen LogP contribution in [-0.4, -0.2) is 32.5 Å². The fourth-order valence-electron chi connectivity index (χ4n) is 3.76. The van der Waals surface area contributed by atoms with Gasteiger partial charge in [0.25, 0.3) is 5.78 Å². The molecule has 150 valence electrons. The molecular formula is C23H20N4O2S. The van der Waals surface area contributed by atoms with Gasteiger partial charge in [0.2, 0.25) is 5.16 Å². The summed E-state index contributed by atoms with van der Waals surface area (Å²) in [7, 11) is 1.65. The molecule has 1 aliphatic carbocycles. The van der Waals surface area contributed by atoms with Crippen LogP contribution in [-0.2, 0) is 12.2 Å². The number of hydrogen-bond acceptors (Lipinski definition) is 6. The second kappa shape index (κ2) is 7.91. The molecule has 7 heteroatoms. The maximum absolute atomic E-state index is 12.8. The van der Waals surface area contributed by atoms with Crippen LogP contribution >= 0.6 is 11.8 Å². The average molecular weight is 417 g/mol. The van der Waals surface area contributed by atoms with Gasteiger partial charge in [0, 0.05) is 18.4 Å². The first-order chi connectivity index (χ1) is 14.7. The Morgan fingerprint density at radius 3 is 2.63 bits per heavy atom. The van der Waals surface area contributed by atoms with Crippen LogP contribution in [0.15, 0.2) is 66.0 Å². The van der Waals surface area contributed by atoms with Crippen LogP contribution in [0.1, 0.15) is 39.5 Å². The van der Waals surface area contributed by atoms with Gasteiger partial charge in [-0.05, 0) is 35.6 Å². The molecule has 0 amide bonds. The van der Waals surface area contributed by atoms with Crippen molar-refractivity contribution in [2.45, 2.75) is 29.7 Å². The number of ketones is 1. The van der Waals surface area contributed by atoms with Gasteiger partial charge in [-0.1, -0.05) is 54.2 Å². The number of ether oxygens (including phenoxy) is 1. The van der Waals surface area contributed by atoms with E-state index in [2.05, 4.69) is 27.2 Å². The number of nitrogens with zero attached hydrogens (tertiary/aromatic N) is 4. The number of carbonyl (C=O) groups is 1. The number of hydrogen-bond donors (Lipinski definition) is 0. The van der Waals surface area contributed by atoms with Crippen LogP contribution in [0.2, 0.25) is 0 Å². The first-order valence-electron chi connectivity index (χ1n) is 9.80. The van der Waals surface area contributed by atoms with Gasteiger partial charge in [-0.25, -0.2) is 9.50 Å². The van der Waals surface area contributed by atoms with Crippen LogP contribution in [0.3, 0.4) is 0 Å². The number of thioether (sulfide) groups is 1. The second-order valence-electron chi connectivity index (χ2n) is 7.32. The van der Waals surface area contributed by atoms with Crippen molar-refractivity contribution in [1.29, 1.82) is 0 Å². The third kappa shape index (κ3) is 3.68. The molecule has 6 nitrogen and oxygen atoms in total. The van der Waals surface area contributed by atoms with Crippen molar-refractivity contribution in [3.63, 3.8) is 0 Å². The Bertz CT molecular complexity index is 1210. The van der Waals surface area contributed by atoms with Crippen LogP contribution in [0.5, 0.6) is 5.75 Å². The quantitative estimate of drug-likeness (QED) is 0.451. The average Bonchev–Trinajstić information content (AvgIpc) is 3.19. The van der Waals surface area contributed by atoms with Crippen molar-refractivity contribution in [3.8, 4) is 5.75 Å². The van der Waals surface area contributed by atoms with Gasteiger partial charge in [0.15, 0.2) is 5.78 Å². The van der Waals surface area contributed by atoms with Crippen LogP contribution < -0.4 is 4.74 Å². The van der Waals surface area contributed by atoms with Crippen LogP contribution in [0, 0.1) is 0 Å². The minimum absolute atomic E-state index is 0.0976. The molecule has 2 heterocycles. The molecule has 1 atom stereocenters. The van der Waals surface area contributed by atoms with E-state index in [1.807, 2.05) is 42.5 Å². The zero-order valence-corrected chi connectivity index (χ0v) is 17.3. The number of aromatic nitrogens is 4. The summed E-state index contributed by atoms with van der Waals surface area (Å²) in [5.74, 6) is 2.34. The zero-order chi connectivity index (χ0) is 20.5. The molecule has 1 aliphatic rings. The van der Waals surface area contributed by atoms with E-state index in [0.29, 0.717) is 29.3 Å². The SMILES string of the molecule is COc1ccc([C@H]2CC(=O)c3cn4nc(SCc5ccccc5)nc4nc3C2)cc1. The molecule has 0 saturated heterocycles. The number of Topliss-reactive ketones (excluding diaryl/α,β-unsaturated/α-hetero) is 1. The fourth-order valence-corrected chi connectivity index (χ4v) is 4.54. The van der Waals surface area contributed by atoms with Gasteiger partial charge in [-0.2, -0.15) is 4.98 Å². The van der Waals surface area contributed by atoms with Crippen molar-refractivity contribution in [3.05, 3.63) is 83.2 Å². The smallest absolute Gasteiger partial charge is 0.253 e. The molecular weight excluding hydrogens is 396 g/mol. The van der Waals surface area contributed by atoms with Crippen LogP contribution in [0.4, 0.5) is 0 Å². The highest BCUT2D eigenvalue weighted by Crippen LogP contribution is 2.33. The maximum atomic E-state index is 12.8. The van der Waals surface area contributed by atoms with Gasteiger partial charge in [0.05, 0.1) is 18.4 Å². The van der Waals surface area contributed by atoms with E-state index in [1.165, 1.54) is 5.56 Å². The van der Waals surface area contributed by atoms with E-state index >= 15 is 0 Å². The molecule has 0 radical (unpaired) electrons. The summed E-state index contributed by atoms with van der Waals surface area (Å²) in [5, 5.41) is 5.17. The fraction of sp³-hybridized carbons (Fsp3) is 0.217. The minimum Gasteiger partial charge on any atom is -0.497 e. The number of methoxy groups -OCH3 is 1. The molecule has 0 unspecified atom stereocenters. The lowest BCUT2D eigenvalue weighted by atomic mass is 9.82. The molecule has 2 aromatic heterocycles. The summed E-state index contributed by atoms with van der Waals surface area (Å²) in [6, 6.07) is 18.1. The van der Waals surface area contributed by atoms with E-state index in [4.69, 9.17) is 4.74 Å². The third-order valence-corrected chi connectivity index (χ3v) is 6.27. The predicted octanol–water partition coefficient (Wildman–Crippen LogP) is 4.34. The summed E-state index contributed by atoms with van der Waals surface area (Å²) in [6.45, 7) is 0. The molecule has 30 heavy (non-hydrogen) atoms. The molecule has 5 rings (SSSR count). The van der Waals surface area contributed by atoms with Gasteiger partial charge in [-0.15, -0.1) is 5.10 Å². The van der Waals surface area contributed by atoms with E-state index in [-0.39, 0.29) is 11.7 Å². The predicted molar refractivity (Wildman–Crippen MR) is 115 cm³/mol. The maximum Gasteiger partial charge on any atom is 0.253 e. The van der Waals surface area contributed by atoms with E-state index < -0.39 is 0 Å². The Hall–Kier alpha value is -3.19. The molecule has 0 N–H and O–H groups in total. The molecule has 0 aliphatic heterocycles. The van der Waals surface area contributed by atoms with Crippen molar-refractivity contribution in [1.82, 2.24) is 19.6 Å². The summed E-state index contributed by atoms with van der Waals surface area (Å²) < 4.78 is 6.86. The van der Waals surface area contributed by atoms with Crippen molar-refractivity contribution < 1.29 is 9.53 Å². The standard InChI is InChI=1S/C23H20N4O2S/c1-29-18-9-7-16(8-10-18)17-11-20-19(21(28)12-17)13-27-22(24-20)25-23(26-27)30-14-15-5-3-2-4-6-15/h2-10,13,17H,11-12,14H2,1H3/t17-/m1/s1. The van der Waals surface area contributed by atoms with Gasteiger partial charge < -0.3 is 4.74 Å². The molecule has 0 bridgehead atoms. The van der Waals surface area contributed by atoms with E-state index in [0.717, 1.165) is 22.8 Å². The van der Waals surface area contributed by atoms with Crippen molar-refractivity contribution in [2.24, 2.45) is 0 Å². The molecule has 2 aromatic carbocycles. The largest absolute Gasteiger partial charge is 0.497 e. The Morgan fingerprint density at radius 2 is 1.87 bits per heavy atom. The van der Waals surface area contributed by atoms with Gasteiger partial charge >= 0.3 is 0 Å². The monoisotopic (exact) mass is 416 g/mol. The first-order valence-corrected chi connectivity index (χ1v) is 10.8. The lowest BCUT2D eigenvalue weighted by Crippen LogP contribution is -2.21. The Balaban J connectivity index is 1.39. The highest BCUT2D eigenvalue weighted by atomic mass is 32.2. The highest BCUT2D eigenvalue weighted by Gasteiger charge is 2.28. The summed E-state index contributed by atoms with van der Waals surface area (Å²) in [5.41, 5.74) is 3.78. The Labute approximate surface area is 178 Å². The van der Waals surface area contributed by atoms with Crippen molar-refractivity contribution >= 4 is 23.3 Å². The number of fused-ring (bicyclic) bond motifs is 2. The van der Waals surface area contributed by atoms with Crippen molar-refractivity contribution in [2.75, 3.05) is 7.11 Å². The summed E-state index contributed by atoms with van der Waals surface area (Å²) in [4.78, 5) is 22.1. The number of benzene rings is 2. The molecule has 0 spiro atoms. The molecule has 0 fully saturated rings. The van der Waals surface area contributed by atoms with Gasteiger partial charge in [-0.3, -0.25) is 4.79 Å². The van der Waals surface area contributed by atoms with E-state index in [9.17, 15) is 4.79 Å². The third-order valence-electron chi connectivity index (χ3n) is 5.36. The zero-order valence-electron chi connectivity index (χ0n) is 16.5. The lowest BCUT2D eigenvalue weighted by Gasteiger charge is -2.23. The number of carbonyl (C=O) groups excluding carboxylic acids is 1. The molecule has 0 saturated carbocycles. The van der Waals surface area contributed by atoms with E-state index in [1.54, 1.807) is 29.6 Å². The Morgan fingerprint density at radius 1 is 1.07 bits per heavy atom. The summed E-state index contributed by atoms with van der Waals surface area (Å²) >= 11 is 1.56. The molecule has 4 aromatic rings. The Kier molecular flexibility index (Phi) is 4.96. The summed E-state index contributed by atoms with van der Waals surface area (Å²) in [6.07, 6.45) is 2.96. The highest BCUT2D eigenvalue weighted by molar-refractivity contribution is 7.98. The van der Waals surface area contributed by atoms with Crippen LogP contribution in [0.25, 0.3) is 5.78 Å². The normalized spacial score (nSPS) is 15.9. The topological polar surface area (TPSA) is 69.4 Å². The first kappa shape index (κ1) is 18.8.